The van der Waals surface area contributed by atoms with E-state index in [0.717, 1.165) is 60.0 Å². The predicted octanol–water partition coefficient (Wildman–Crippen LogP) is 7.02. The van der Waals surface area contributed by atoms with Crippen LogP contribution in [0.4, 0.5) is 17.2 Å². The minimum atomic E-state index is 0.488. The predicted molar refractivity (Wildman–Crippen MR) is 128 cm³/mol. The number of hydrogen-bond acceptors (Lipinski definition) is 4. The van der Waals surface area contributed by atoms with E-state index in [9.17, 15) is 0 Å². The highest BCUT2D eigenvalue weighted by Gasteiger charge is 2.26. The molecule has 0 radical (unpaired) electrons. The maximum absolute atomic E-state index is 9.02. The number of piperidine rings is 1. The van der Waals surface area contributed by atoms with Crippen LogP contribution in [-0.4, -0.2) is 24.6 Å². The molecule has 2 aromatic rings. The molecular weight excluding hydrogens is 415 g/mol. The molecule has 2 heterocycles. The highest BCUT2D eigenvalue weighted by molar-refractivity contribution is 6.36. The van der Waals surface area contributed by atoms with Gasteiger partial charge in [0.05, 0.1) is 16.8 Å². The Morgan fingerprint density at radius 2 is 2.00 bits per heavy atom. The van der Waals surface area contributed by atoms with E-state index in [1.807, 2.05) is 26.0 Å². The summed E-state index contributed by atoms with van der Waals surface area (Å²) >= 11 is 12.7. The van der Waals surface area contributed by atoms with Gasteiger partial charge in [-0.05, 0) is 69.4 Å². The highest BCUT2D eigenvalue weighted by Crippen LogP contribution is 2.41. The number of anilines is 3. The summed E-state index contributed by atoms with van der Waals surface area (Å²) in [7, 11) is 0. The average Bonchev–Trinajstić information content (AvgIpc) is 2.70. The number of halogens is 2. The molecule has 1 fully saturated rings. The Hall–Kier alpha value is -2.22. The molecule has 0 aliphatic carbocycles. The van der Waals surface area contributed by atoms with Crippen molar-refractivity contribution in [3.05, 3.63) is 52.1 Å². The van der Waals surface area contributed by atoms with Crippen molar-refractivity contribution in [3.8, 4) is 6.07 Å². The minimum Gasteiger partial charge on any atom is -0.371 e. The molecule has 1 aliphatic heterocycles. The summed E-state index contributed by atoms with van der Waals surface area (Å²) in [6.07, 6.45) is 2.70. The second-order valence-electron chi connectivity index (χ2n) is 7.89. The second kappa shape index (κ2) is 9.73. The molecule has 0 spiro atoms. The zero-order chi connectivity index (χ0) is 21.8. The van der Waals surface area contributed by atoms with Crippen LogP contribution in [0.2, 0.25) is 10.0 Å². The van der Waals surface area contributed by atoms with E-state index < -0.39 is 0 Å². The van der Waals surface area contributed by atoms with Crippen LogP contribution in [-0.2, 0) is 0 Å². The molecular formula is C24H28Cl2N4. The fraction of sp³-hybridized carbons (Fsp3) is 0.417. The van der Waals surface area contributed by atoms with Gasteiger partial charge >= 0.3 is 0 Å². The fourth-order valence-electron chi connectivity index (χ4n) is 4.14. The maximum Gasteiger partial charge on any atom is 0.142 e. The Morgan fingerprint density at radius 3 is 2.57 bits per heavy atom. The van der Waals surface area contributed by atoms with Gasteiger partial charge in [-0.25, -0.2) is 4.98 Å². The molecule has 1 aliphatic rings. The van der Waals surface area contributed by atoms with Crippen LogP contribution in [0.15, 0.2) is 30.8 Å². The fourth-order valence-corrected chi connectivity index (χ4v) is 4.65. The van der Waals surface area contributed by atoms with Crippen LogP contribution < -0.4 is 9.80 Å². The summed E-state index contributed by atoms with van der Waals surface area (Å²) in [5, 5.41) is 10.2. The van der Waals surface area contributed by atoms with Gasteiger partial charge in [-0.3, -0.25) is 0 Å². The molecule has 1 saturated heterocycles. The number of rotatable bonds is 6. The first-order valence-corrected chi connectivity index (χ1v) is 11.1. The van der Waals surface area contributed by atoms with Gasteiger partial charge < -0.3 is 9.80 Å². The number of pyridine rings is 1. The molecule has 3 rings (SSSR count). The maximum atomic E-state index is 9.02. The van der Waals surface area contributed by atoms with Crippen LogP contribution in [0.5, 0.6) is 0 Å². The highest BCUT2D eigenvalue weighted by atomic mass is 35.5. The van der Waals surface area contributed by atoms with E-state index >= 15 is 0 Å². The van der Waals surface area contributed by atoms with Gasteiger partial charge in [0.2, 0.25) is 0 Å². The Labute approximate surface area is 189 Å². The molecule has 30 heavy (non-hydrogen) atoms. The van der Waals surface area contributed by atoms with Crippen molar-refractivity contribution in [2.75, 3.05) is 29.4 Å². The number of hydrogen-bond donors (Lipinski definition) is 0. The van der Waals surface area contributed by atoms with Crippen LogP contribution >= 0.6 is 23.2 Å². The molecule has 0 unspecified atom stereocenters. The lowest BCUT2D eigenvalue weighted by atomic mass is 9.93. The van der Waals surface area contributed by atoms with Crippen LogP contribution in [0.3, 0.4) is 0 Å². The third-order valence-electron chi connectivity index (χ3n) is 5.64. The summed E-state index contributed by atoms with van der Waals surface area (Å²) in [5.74, 6) is 1.35. The van der Waals surface area contributed by atoms with Gasteiger partial charge in [0, 0.05) is 48.0 Å². The van der Waals surface area contributed by atoms with E-state index in [-0.39, 0.29) is 0 Å². The van der Waals surface area contributed by atoms with Crippen LogP contribution in [0.25, 0.3) is 5.57 Å². The Morgan fingerprint density at radius 1 is 1.30 bits per heavy atom. The standard InChI is InChI=1S/C24H28Cl2N4/c1-5-30(21-7-6-19(25)15-20(21)26)24-23(16(2)3)22(14-17(4)28-24)29-12-9-18(8-11-27)10-13-29/h6-7,14-15,18H,2,5,8-10,12-13H2,1,3-4H3. The average molecular weight is 443 g/mol. The van der Waals surface area contributed by atoms with Crippen molar-refractivity contribution in [3.63, 3.8) is 0 Å². The van der Waals surface area contributed by atoms with Gasteiger partial charge in [0.1, 0.15) is 5.82 Å². The summed E-state index contributed by atoms with van der Waals surface area (Å²) in [6.45, 7) is 13.0. The lowest BCUT2D eigenvalue weighted by molar-refractivity contribution is 0.412. The van der Waals surface area contributed by atoms with Gasteiger partial charge in [0.25, 0.3) is 0 Å². The molecule has 0 bridgehead atoms. The molecule has 0 atom stereocenters. The molecule has 1 aromatic heterocycles. The van der Waals surface area contributed by atoms with E-state index in [2.05, 4.69) is 35.4 Å². The first-order valence-electron chi connectivity index (χ1n) is 10.4. The van der Waals surface area contributed by atoms with E-state index in [1.165, 1.54) is 0 Å². The normalized spacial score (nSPS) is 14.5. The van der Waals surface area contributed by atoms with Crippen LogP contribution in [0, 0.1) is 24.2 Å². The van der Waals surface area contributed by atoms with Crippen molar-refractivity contribution < 1.29 is 0 Å². The van der Waals surface area contributed by atoms with Crippen molar-refractivity contribution >= 4 is 46.0 Å². The summed E-state index contributed by atoms with van der Waals surface area (Å²) < 4.78 is 0. The molecule has 0 amide bonds. The first kappa shape index (κ1) is 22.5. The quantitative estimate of drug-likeness (QED) is 0.481. The molecule has 4 nitrogen and oxygen atoms in total. The van der Waals surface area contributed by atoms with E-state index in [1.54, 1.807) is 6.07 Å². The van der Waals surface area contributed by atoms with Crippen molar-refractivity contribution in [2.24, 2.45) is 5.92 Å². The van der Waals surface area contributed by atoms with Gasteiger partial charge in [-0.1, -0.05) is 29.8 Å². The Bertz CT molecular complexity index is 972. The number of benzene rings is 1. The van der Waals surface area contributed by atoms with E-state index in [0.29, 0.717) is 28.9 Å². The lowest BCUT2D eigenvalue weighted by Crippen LogP contribution is -2.34. The number of aryl methyl sites for hydroxylation is 1. The third-order valence-corrected chi connectivity index (χ3v) is 6.18. The largest absolute Gasteiger partial charge is 0.371 e. The monoisotopic (exact) mass is 442 g/mol. The SMILES string of the molecule is C=C(C)c1c(N2CCC(CC#N)CC2)cc(C)nc1N(CC)c1ccc(Cl)cc1Cl. The Balaban J connectivity index is 2.07. The summed E-state index contributed by atoms with van der Waals surface area (Å²) in [6, 6.07) is 10.0. The molecule has 6 heteroatoms. The first-order chi connectivity index (χ1) is 14.3. The summed E-state index contributed by atoms with van der Waals surface area (Å²) in [4.78, 5) is 9.45. The zero-order valence-corrected chi connectivity index (χ0v) is 19.4. The molecule has 0 saturated carbocycles. The van der Waals surface area contributed by atoms with Gasteiger partial charge in [-0.2, -0.15) is 5.26 Å². The van der Waals surface area contributed by atoms with Gasteiger partial charge in [0.15, 0.2) is 0 Å². The van der Waals surface area contributed by atoms with Crippen molar-refractivity contribution in [1.29, 1.82) is 5.26 Å². The summed E-state index contributed by atoms with van der Waals surface area (Å²) in [5.41, 5.74) is 5.00. The molecule has 158 valence electrons. The topological polar surface area (TPSA) is 43.2 Å². The molecule has 1 aromatic carbocycles. The number of nitrogens with zero attached hydrogens (tertiary/aromatic N) is 4. The smallest absolute Gasteiger partial charge is 0.142 e. The van der Waals surface area contributed by atoms with Crippen molar-refractivity contribution in [2.45, 2.75) is 40.0 Å². The zero-order valence-electron chi connectivity index (χ0n) is 17.9. The van der Waals surface area contributed by atoms with Crippen molar-refractivity contribution in [1.82, 2.24) is 4.98 Å². The number of aromatic nitrogens is 1. The number of allylic oxidation sites excluding steroid dienone is 1. The second-order valence-corrected chi connectivity index (χ2v) is 8.74. The van der Waals surface area contributed by atoms with Gasteiger partial charge in [-0.15, -0.1) is 0 Å². The van der Waals surface area contributed by atoms with E-state index in [4.69, 9.17) is 33.4 Å². The van der Waals surface area contributed by atoms with Crippen LogP contribution in [0.1, 0.15) is 44.4 Å². The Kier molecular flexibility index (Phi) is 7.28. The molecule has 0 N–H and O–H groups in total. The number of nitriles is 1. The minimum absolute atomic E-state index is 0.488. The third kappa shape index (κ3) is 4.74. The lowest BCUT2D eigenvalue weighted by Gasteiger charge is -2.36.